The van der Waals surface area contributed by atoms with Gasteiger partial charge in [0.05, 0.1) is 10.5 Å². The Balaban J connectivity index is 1.92. The maximum absolute atomic E-state index is 13.2. The number of hydrogen-bond donors (Lipinski definition) is 1. The number of hydrogen-bond acceptors (Lipinski definition) is 4. The molecular formula is C16H13ClF3NO4S. The van der Waals surface area contributed by atoms with Crippen molar-refractivity contribution < 1.29 is 31.1 Å². The minimum absolute atomic E-state index is 0.0542. The minimum Gasteiger partial charge on any atom is -0.454 e. The highest BCUT2D eigenvalue weighted by molar-refractivity contribution is 7.89. The SMILES string of the molecule is C[C@H](NS(=O)(=O)c1ccc(Cl)cc1C(F)(F)F)c1ccc2c(c1)OCO2. The van der Waals surface area contributed by atoms with Crippen molar-refractivity contribution >= 4 is 21.6 Å². The summed E-state index contributed by atoms with van der Waals surface area (Å²) in [6, 6.07) is 6.49. The molecule has 10 heteroatoms. The van der Waals surface area contributed by atoms with Gasteiger partial charge in [-0.3, -0.25) is 0 Å². The zero-order valence-corrected chi connectivity index (χ0v) is 14.9. The number of nitrogens with one attached hydrogen (secondary N) is 1. The van der Waals surface area contributed by atoms with Gasteiger partial charge in [0.1, 0.15) is 0 Å². The Morgan fingerprint density at radius 2 is 1.81 bits per heavy atom. The molecule has 3 rings (SSSR count). The summed E-state index contributed by atoms with van der Waals surface area (Å²) in [4.78, 5) is -0.887. The van der Waals surface area contributed by atoms with Crippen molar-refractivity contribution in [1.29, 1.82) is 0 Å². The van der Waals surface area contributed by atoms with Crippen LogP contribution in [0.4, 0.5) is 13.2 Å². The first-order valence-corrected chi connectivity index (χ1v) is 9.23. The third kappa shape index (κ3) is 3.74. The summed E-state index contributed by atoms with van der Waals surface area (Å²) in [5.41, 5.74) is -0.810. The first-order chi connectivity index (χ1) is 12.1. The van der Waals surface area contributed by atoms with Crippen LogP contribution in [0.3, 0.4) is 0 Å². The van der Waals surface area contributed by atoms with E-state index in [0.717, 1.165) is 12.1 Å². The van der Waals surface area contributed by atoms with Crippen molar-refractivity contribution in [2.24, 2.45) is 0 Å². The Bertz CT molecular complexity index is 947. The number of ether oxygens (including phenoxy) is 2. The van der Waals surface area contributed by atoms with Gasteiger partial charge in [0.2, 0.25) is 16.8 Å². The zero-order chi connectivity index (χ0) is 19.1. The molecule has 0 saturated heterocycles. The number of rotatable bonds is 4. The van der Waals surface area contributed by atoms with Gasteiger partial charge < -0.3 is 9.47 Å². The first kappa shape index (κ1) is 18.8. The van der Waals surface area contributed by atoms with Gasteiger partial charge in [-0.1, -0.05) is 17.7 Å². The van der Waals surface area contributed by atoms with Gasteiger partial charge in [-0.15, -0.1) is 0 Å². The fraction of sp³-hybridized carbons (Fsp3) is 0.250. The molecule has 5 nitrogen and oxygen atoms in total. The van der Waals surface area contributed by atoms with Crippen molar-refractivity contribution in [3.63, 3.8) is 0 Å². The van der Waals surface area contributed by atoms with Gasteiger partial charge in [-0.2, -0.15) is 13.2 Å². The molecule has 26 heavy (non-hydrogen) atoms. The Morgan fingerprint density at radius 3 is 2.50 bits per heavy atom. The molecule has 1 atom stereocenters. The fourth-order valence-corrected chi connectivity index (χ4v) is 4.12. The number of halogens is 4. The van der Waals surface area contributed by atoms with Crippen LogP contribution in [-0.4, -0.2) is 15.2 Å². The summed E-state index contributed by atoms with van der Waals surface area (Å²) < 4.78 is 77.2. The van der Waals surface area contributed by atoms with E-state index in [4.69, 9.17) is 21.1 Å². The third-order valence-electron chi connectivity index (χ3n) is 3.77. The highest BCUT2D eigenvalue weighted by atomic mass is 35.5. The largest absolute Gasteiger partial charge is 0.454 e. The molecular weight excluding hydrogens is 395 g/mol. The predicted molar refractivity (Wildman–Crippen MR) is 87.8 cm³/mol. The molecule has 1 aliphatic heterocycles. The van der Waals surface area contributed by atoms with Crippen LogP contribution in [0.1, 0.15) is 24.1 Å². The molecule has 1 N–H and O–H groups in total. The molecule has 0 unspecified atom stereocenters. The van der Waals surface area contributed by atoms with E-state index in [2.05, 4.69) is 4.72 Å². The summed E-state index contributed by atoms with van der Waals surface area (Å²) in [5.74, 6) is 0.955. The quantitative estimate of drug-likeness (QED) is 0.827. The summed E-state index contributed by atoms with van der Waals surface area (Å²) in [7, 11) is -4.45. The van der Waals surface area contributed by atoms with Crippen molar-refractivity contribution in [2.75, 3.05) is 6.79 Å². The second-order valence-corrected chi connectivity index (χ2v) is 7.71. The van der Waals surface area contributed by atoms with E-state index < -0.39 is 32.7 Å². The molecule has 0 radical (unpaired) electrons. The maximum Gasteiger partial charge on any atom is 0.417 e. The zero-order valence-electron chi connectivity index (χ0n) is 13.3. The lowest BCUT2D eigenvalue weighted by atomic mass is 10.1. The summed E-state index contributed by atoms with van der Waals surface area (Å²) in [6.07, 6.45) is -4.86. The molecule has 1 aliphatic rings. The average molecular weight is 408 g/mol. The molecule has 0 fully saturated rings. The standard InChI is InChI=1S/C16H13ClF3NO4S/c1-9(10-2-4-13-14(6-10)25-8-24-13)21-26(22,23)15-5-3-11(17)7-12(15)16(18,19)20/h2-7,9,21H,8H2,1H3/t9-/m0/s1. The lowest BCUT2D eigenvalue weighted by Gasteiger charge is -2.18. The van der Waals surface area contributed by atoms with E-state index in [-0.39, 0.29) is 11.8 Å². The normalized spacial score (nSPS) is 15.1. The van der Waals surface area contributed by atoms with Gasteiger partial charge in [0, 0.05) is 11.1 Å². The van der Waals surface area contributed by atoms with E-state index >= 15 is 0 Å². The Kier molecular flexibility index (Phi) is 4.80. The molecule has 0 saturated carbocycles. The number of sulfonamides is 1. The Hall–Kier alpha value is -1.97. The van der Waals surface area contributed by atoms with Gasteiger partial charge in [0.25, 0.3) is 0 Å². The Morgan fingerprint density at radius 1 is 1.12 bits per heavy atom. The molecule has 2 aromatic carbocycles. The monoisotopic (exact) mass is 407 g/mol. The van der Waals surface area contributed by atoms with Crippen LogP contribution in [0.5, 0.6) is 11.5 Å². The van der Waals surface area contributed by atoms with Crippen molar-refractivity contribution in [2.45, 2.75) is 24.0 Å². The van der Waals surface area contributed by atoms with E-state index in [9.17, 15) is 21.6 Å². The highest BCUT2D eigenvalue weighted by Gasteiger charge is 2.38. The summed E-state index contributed by atoms with van der Waals surface area (Å²) >= 11 is 5.59. The van der Waals surface area contributed by atoms with Gasteiger partial charge in [-0.25, -0.2) is 13.1 Å². The van der Waals surface area contributed by atoms with Crippen LogP contribution >= 0.6 is 11.6 Å². The van der Waals surface area contributed by atoms with Crippen LogP contribution < -0.4 is 14.2 Å². The van der Waals surface area contributed by atoms with Gasteiger partial charge in [0.15, 0.2) is 11.5 Å². The molecule has 0 aromatic heterocycles. The second-order valence-electron chi connectivity index (χ2n) is 5.59. The van der Waals surface area contributed by atoms with Crippen LogP contribution in [0, 0.1) is 0 Å². The van der Waals surface area contributed by atoms with Crippen molar-refractivity contribution in [3.05, 3.63) is 52.5 Å². The van der Waals surface area contributed by atoms with E-state index in [1.54, 1.807) is 18.2 Å². The minimum atomic E-state index is -4.86. The third-order valence-corrected chi connectivity index (χ3v) is 5.60. The molecule has 0 amide bonds. The fourth-order valence-electron chi connectivity index (χ4n) is 2.50. The molecule has 0 aliphatic carbocycles. The van der Waals surface area contributed by atoms with Gasteiger partial charge >= 0.3 is 6.18 Å². The highest BCUT2D eigenvalue weighted by Crippen LogP contribution is 2.37. The maximum atomic E-state index is 13.2. The first-order valence-electron chi connectivity index (χ1n) is 7.36. The van der Waals surface area contributed by atoms with Crippen LogP contribution in [0.15, 0.2) is 41.3 Å². The molecule has 1 heterocycles. The Labute approximate surface area is 152 Å². The molecule has 0 bridgehead atoms. The van der Waals surface area contributed by atoms with Crippen molar-refractivity contribution in [1.82, 2.24) is 4.72 Å². The number of fused-ring (bicyclic) bond motifs is 1. The average Bonchev–Trinajstić information content (AvgIpc) is 3.00. The van der Waals surface area contributed by atoms with Crippen LogP contribution in [-0.2, 0) is 16.2 Å². The van der Waals surface area contributed by atoms with Gasteiger partial charge in [-0.05, 0) is 42.8 Å². The lowest BCUT2D eigenvalue weighted by molar-refractivity contribution is -0.139. The van der Waals surface area contributed by atoms with E-state index in [1.165, 1.54) is 6.92 Å². The molecule has 2 aromatic rings. The van der Waals surface area contributed by atoms with Crippen LogP contribution in [0.25, 0.3) is 0 Å². The molecule has 140 valence electrons. The van der Waals surface area contributed by atoms with Crippen molar-refractivity contribution in [3.8, 4) is 11.5 Å². The lowest BCUT2D eigenvalue weighted by Crippen LogP contribution is -2.29. The summed E-state index contributed by atoms with van der Waals surface area (Å²) in [5, 5.41) is -0.208. The second kappa shape index (κ2) is 6.64. The smallest absolute Gasteiger partial charge is 0.417 e. The van der Waals surface area contributed by atoms with Crippen LogP contribution in [0.2, 0.25) is 5.02 Å². The van der Waals surface area contributed by atoms with E-state index in [0.29, 0.717) is 23.1 Å². The summed E-state index contributed by atoms with van der Waals surface area (Å²) in [6.45, 7) is 1.57. The van der Waals surface area contributed by atoms with E-state index in [1.807, 2.05) is 0 Å². The topological polar surface area (TPSA) is 64.6 Å². The number of alkyl halides is 3. The predicted octanol–water partition coefficient (Wildman–Crippen LogP) is 4.13. The number of benzene rings is 2. The molecule has 0 spiro atoms.